The number of thioether (sulfide) groups is 1. The zero-order valence-electron chi connectivity index (χ0n) is 16.4. The van der Waals surface area contributed by atoms with Crippen molar-refractivity contribution in [2.75, 3.05) is 18.1 Å². The third kappa shape index (κ3) is 4.33. The van der Waals surface area contributed by atoms with Crippen molar-refractivity contribution < 1.29 is 18.3 Å². The zero-order chi connectivity index (χ0) is 21.1. The molecule has 2 aromatic carbocycles. The number of carbonyl (C=O) groups excluding carboxylic acids is 1. The van der Waals surface area contributed by atoms with E-state index in [1.165, 1.54) is 6.07 Å². The van der Waals surface area contributed by atoms with Crippen LogP contribution in [0.15, 0.2) is 54.9 Å². The van der Waals surface area contributed by atoms with Crippen molar-refractivity contribution in [1.29, 1.82) is 0 Å². The largest absolute Gasteiger partial charge is 0.454 e. The minimum atomic E-state index is -0.781. The number of aryl methyl sites for hydroxylation is 1. The third-order valence-electron chi connectivity index (χ3n) is 4.97. The minimum Gasteiger partial charge on any atom is -0.454 e. The van der Waals surface area contributed by atoms with Crippen molar-refractivity contribution in [3.05, 3.63) is 77.6 Å². The number of amides is 1. The molecule has 1 atom stereocenters. The first-order chi connectivity index (χ1) is 14.5. The Morgan fingerprint density at radius 3 is 2.73 bits per heavy atom. The molecule has 3 aromatic rings. The van der Waals surface area contributed by atoms with E-state index in [4.69, 9.17) is 4.74 Å². The van der Waals surface area contributed by atoms with Gasteiger partial charge in [-0.15, -0.1) is 0 Å². The number of ether oxygens (including phenoxy) is 1. The van der Waals surface area contributed by atoms with Gasteiger partial charge >= 0.3 is 0 Å². The van der Waals surface area contributed by atoms with Gasteiger partial charge in [0.1, 0.15) is 11.6 Å². The van der Waals surface area contributed by atoms with E-state index in [9.17, 15) is 13.6 Å². The number of hydrogen-bond acceptors (Lipinski definition) is 4. The molecule has 0 N–H and O–H groups in total. The predicted molar refractivity (Wildman–Crippen MR) is 112 cm³/mol. The van der Waals surface area contributed by atoms with Crippen molar-refractivity contribution in [3.63, 3.8) is 0 Å². The van der Waals surface area contributed by atoms with E-state index in [0.29, 0.717) is 17.9 Å². The van der Waals surface area contributed by atoms with Gasteiger partial charge in [0.2, 0.25) is 0 Å². The Kier molecular flexibility index (Phi) is 6.03. The number of hydrogen-bond donors (Lipinski definition) is 0. The van der Waals surface area contributed by atoms with Gasteiger partial charge in [0, 0.05) is 48.0 Å². The van der Waals surface area contributed by atoms with Crippen LogP contribution in [0, 0.1) is 11.6 Å². The fourth-order valence-corrected chi connectivity index (χ4v) is 4.45. The Hall–Kier alpha value is -2.87. The number of nitrogens with zero attached hydrogens (tertiary/aromatic N) is 3. The Labute approximate surface area is 177 Å². The van der Waals surface area contributed by atoms with Crippen LogP contribution in [0.2, 0.25) is 0 Å². The van der Waals surface area contributed by atoms with E-state index in [-0.39, 0.29) is 17.7 Å². The molecule has 8 heteroatoms. The molecule has 156 valence electrons. The summed E-state index contributed by atoms with van der Waals surface area (Å²) >= 11 is 1.82. The van der Waals surface area contributed by atoms with E-state index in [0.717, 1.165) is 35.7 Å². The van der Waals surface area contributed by atoms with Gasteiger partial charge in [0.05, 0.1) is 12.2 Å². The van der Waals surface area contributed by atoms with Gasteiger partial charge in [-0.05, 0) is 43.3 Å². The highest BCUT2D eigenvalue weighted by atomic mass is 32.2. The summed E-state index contributed by atoms with van der Waals surface area (Å²) in [7, 11) is 0. The molecule has 30 heavy (non-hydrogen) atoms. The highest BCUT2D eigenvalue weighted by molar-refractivity contribution is 7.99. The minimum absolute atomic E-state index is 0.0270. The molecule has 1 unspecified atom stereocenters. The number of rotatable bonds is 5. The lowest BCUT2D eigenvalue weighted by molar-refractivity contribution is 0.0701. The van der Waals surface area contributed by atoms with Gasteiger partial charge in [-0.2, -0.15) is 16.9 Å². The van der Waals surface area contributed by atoms with Crippen LogP contribution in [0.3, 0.4) is 0 Å². The summed E-state index contributed by atoms with van der Waals surface area (Å²) in [5, 5.41) is 4.34. The number of aromatic nitrogens is 2. The van der Waals surface area contributed by atoms with E-state index >= 15 is 0 Å². The Balaban J connectivity index is 1.50. The van der Waals surface area contributed by atoms with Crippen LogP contribution in [-0.4, -0.2) is 38.6 Å². The lowest BCUT2D eigenvalue weighted by atomic mass is 10.1. The molecule has 4 rings (SSSR count). The standard InChI is InChI=1S/C22H21F2N3O2S/c1-2-26-13-16(12-25-26)20-14-30-10-9-27(20)22(28)15-3-6-18(7-4-15)29-21-8-5-17(23)11-19(21)24/h3-8,11-13,20H,2,9-10,14H2,1H3. The summed E-state index contributed by atoms with van der Waals surface area (Å²) in [6.07, 6.45) is 3.82. The Morgan fingerprint density at radius 2 is 2.03 bits per heavy atom. The quantitative estimate of drug-likeness (QED) is 0.579. The van der Waals surface area contributed by atoms with Crippen molar-refractivity contribution in [2.24, 2.45) is 0 Å². The zero-order valence-corrected chi connectivity index (χ0v) is 17.2. The second-order valence-corrected chi connectivity index (χ2v) is 8.07. The second kappa shape index (κ2) is 8.87. The maximum Gasteiger partial charge on any atom is 0.254 e. The SMILES string of the molecule is CCn1cc(C2CSCCN2C(=O)c2ccc(Oc3ccc(F)cc3F)cc2)cn1. The summed E-state index contributed by atoms with van der Waals surface area (Å²) in [5.74, 6) is 0.491. The molecule has 0 bridgehead atoms. The molecule has 1 aliphatic heterocycles. The van der Waals surface area contributed by atoms with Gasteiger partial charge in [-0.1, -0.05) is 0 Å². The lowest BCUT2D eigenvalue weighted by Crippen LogP contribution is -2.40. The smallest absolute Gasteiger partial charge is 0.254 e. The number of benzene rings is 2. The van der Waals surface area contributed by atoms with Gasteiger partial charge in [0.15, 0.2) is 11.6 Å². The molecule has 0 radical (unpaired) electrons. The van der Waals surface area contributed by atoms with Crippen LogP contribution in [0.1, 0.15) is 28.9 Å². The first-order valence-electron chi connectivity index (χ1n) is 9.69. The normalized spacial score (nSPS) is 16.5. The molecule has 1 aromatic heterocycles. The molecule has 1 amide bonds. The number of halogens is 2. The fourth-order valence-electron chi connectivity index (χ4n) is 3.36. The monoisotopic (exact) mass is 429 g/mol. The average molecular weight is 429 g/mol. The van der Waals surface area contributed by atoms with Gasteiger partial charge in [-0.25, -0.2) is 8.78 Å². The molecule has 0 spiro atoms. The predicted octanol–water partition coefficient (Wildman–Crippen LogP) is 4.90. The van der Waals surface area contributed by atoms with Crippen LogP contribution in [-0.2, 0) is 6.54 Å². The number of carbonyl (C=O) groups is 1. The second-order valence-electron chi connectivity index (χ2n) is 6.92. The van der Waals surface area contributed by atoms with Crippen LogP contribution in [0.4, 0.5) is 8.78 Å². The van der Waals surface area contributed by atoms with E-state index in [1.54, 1.807) is 24.3 Å². The van der Waals surface area contributed by atoms with Gasteiger partial charge in [-0.3, -0.25) is 9.48 Å². The molecule has 1 fully saturated rings. The summed E-state index contributed by atoms with van der Waals surface area (Å²) in [4.78, 5) is 15.0. The average Bonchev–Trinajstić information content (AvgIpc) is 3.25. The van der Waals surface area contributed by atoms with Crippen molar-refractivity contribution >= 4 is 17.7 Å². The molecular formula is C22H21F2N3O2S. The van der Waals surface area contributed by atoms with Crippen LogP contribution in [0.25, 0.3) is 0 Å². The van der Waals surface area contributed by atoms with Crippen molar-refractivity contribution in [3.8, 4) is 11.5 Å². The summed E-state index contributed by atoms with van der Waals surface area (Å²) in [5.41, 5.74) is 1.56. The molecular weight excluding hydrogens is 408 g/mol. The maximum absolute atomic E-state index is 13.8. The fraction of sp³-hybridized carbons (Fsp3) is 0.273. The topological polar surface area (TPSA) is 47.4 Å². The van der Waals surface area contributed by atoms with E-state index < -0.39 is 11.6 Å². The van der Waals surface area contributed by atoms with Crippen LogP contribution < -0.4 is 4.74 Å². The molecule has 1 saturated heterocycles. The lowest BCUT2D eigenvalue weighted by Gasteiger charge is -2.35. The highest BCUT2D eigenvalue weighted by Gasteiger charge is 2.30. The van der Waals surface area contributed by atoms with Crippen molar-refractivity contribution in [2.45, 2.75) is 19.5 Å². The first kappa shape index (κ1) is 20.4. The van der Waals surface area contributed by atoms with E-state index in [1.807, 2.05) is 40.7 Å². The van der Waals surface area contributed by atoms with Crippen LogP contribution >= 0.6 is 11.8 Å². The Morgan fingerprint density at radius 1 is 1.23 bits per heavy atom. The molecule has 0 saturated carbocycles. The van der Waals surface area contributed by atoms with E-state index in [2.05, 4.69) is 5.10 Å². The summed E-state index contributed by atoms with van der Waals surface area (Å²) < 4.78 is 34.1. The third-order valence-corrected chi connectivity index (χ3v) is 6.00. The molecule has 2 heterocycles. The molecule has 5 nitrogen and oxygen atoms in total. The van der Waals surface area contributed by atoms with Gasteiger partial charge < -0.3 is 9.64 Å². The van der Waals surface area contributed by atoms with Crippen LogP contribution in [0.5, 0.6) is 11.5 Å². The first-order valence-corrected chi connectivity index (χ1v) is 10.8. The maximum atomic E-state index is 13.8. The van der Waals surface area contributed by atoms with Gasteiger partial charge in [0.25, 0.3) is 5.91 Å². The summed E-state index contributed by atoms with van der Waals surface area (Å²) in [6.45, 7) is 3.46. The van der Waals surface area contributed by atoms with Crippen molar-refractivity contribution in [1.82, 2.24) is 14.7 Å². The highest BCUT2D eigenvalue weighted by Crippen LogP contribution is 2.31. The molecule has 0 aliphatic carbocycles. The summed E-state index contributed by atoms with van der Waals surface area (Å²) in [6, 6.07) is 9.64. The molecule has 1 aliphatic rings. The Bertz CT molecular complexity index is 1040.